The minimum Gasteiger partial charge on any atom is -0.352 e. The first-order valence-corrected chi connectivity index (χ1v) is 12.3. The molecule has 2 aromatic heterocycles. The molecule has 8 nitrogen and oxygen atoms in total. The molecule has 1 amide bonds. The molecule has 0 spiro atoms. The van der Waals surface area contributed by atoms with Gasteiger partial charge in [0.15, 0.2) is 0 Å². The van der Waals surface area contributed by atoms with Gasteiger partial charge in [-0.2, -0.15) is 4.98 Å². The molecule has 2 aliphatic carbocycles. The number of rotatable bonds is 6. The summed E-state index contributed by atoms with van der Waals surface area (Å²) in [5.74, 6) is 1.79. The summed E-state index contributed by atoms with van der Waals surface area (Å²) < 4.78 is 1.50. The molecule has 3 aliphatic rings. The van der Waals surface area contributed by atoms with Gasteiger partial charge >= 0.3 is 0 Å². The number of nitrogens with zero attached hydrogens (tertiary/aromatic N) is 4. The number of benzene rings is 1. The number of aryl methyl sites for hydroxylation is 1. The van der Waals surface area contributed by atoms with E-state index in [9.17, 15) is 9.59 Å². The fourth-order valence-corrected chi connectivity index (χ4v) is 5.54. The summed E-state index contributed by atoms with van der Waals surface area (Å²) in [6.45, 7) is 3.91. The first-order chi connectivity index (χ1) is 16.5. The van der Waals surface area contributed by atoms with Gasteiger partial charge in [-0.1, -0.05) is 30.7 Å². The number of nitrogens with one attached hydrogen (secondary N) is 2. The van der Waals surface area contributed by atoms with E-state index < -0.39 is 0 Å². The average Bonchev–Trinajstić information content (AvgIpc) is 3.38. The van der Waals surface area contributed by atoms with Gasteiger partial charge in [0.1, 0.15) is 12.2 Å². The topological polar surface area (TPSA) is 92.2 Å². The van der Waals surface area contributed by atoms with E-state index in [1.807, 2.05) is 37.3 Å². The second-order valence-electron chi connectivity index (χ2n) is 10.0. The Kier molecular flexibility index (Phi) is 5.32. The van der Waals surface area contributed by atoms with Gasteiger partial charge in [-0.25, -0.2) is 9.99 Å². The molecule has 3 heterocycles. The van der Waals surface area contributed by atoms with Crippen LogP contribution in [0.15, 0.2) is 41.3 Å². The van der Waals surface area contributed by atoms with Gasteiger partial charge in [0.25, 0.3) is 5.56 Å². The third kappa shape index (κ3) is 4.07. The van der Waals surface area contributed by atoms with Crippen molar-refractivity contribution in [2.24, 2.45) is 11.8 Å². The van der Waals surface area contributed by atoms with Crippen LogP contribution in [0.4, 0.5) is 5.95 Å². The van der Waals surface area contributed by atoms with Crippen molar-refractivity contribution in [3.05, 3.63) is 52.4 Å². The van der Waals surface area contributed by atoms with Crippen molar-refractivity contribution < 1.29 is 4.79 Å². The maximum atomic E-state index is 13.7. The first-order valence-electron chi connectivity index (χ1n) is 12.3. The molecule has 8 heteroatoms. The lowest BCUT2D eigenvalue weighted by molar-refractivity contribution is -0.121. The molecule has 0 radical (unpaired) electrons. The number of hydrogen-bond donors (Lipinski definition) is 2. The Hall–Kier alpha value is -3.26. The minimum atomic E-state index is -0.215. The molecule has 2 atom stereocenters. The lowest BCUT2D eigenvalue weighted by Gasteiger charge is -2.19. The maximum Gasteiger partial charge on any atom is 0.260 e. The van der Waals surface area contributed by atoms with E-state index in [-0.39, 0.29) is 24.1 Å². The van der Waals surface area contributed by atoms with E-state index in [4.69, 9.17) is 4.98 Å². The molecule has 1 aliphatic heterocycles. The Morgan fingerprint density at radius 1 is 1.09 bits per heavy atom. The Bertz CT molecular complexity index is 1300. The molecule has 1 saturated heterocycles. The van der Waals surface area contributed by atoms with Crippen LogP contribution in [0.1, 0.15) is 37.7 Å². The van der Waals surface area contributed by atoms with Gasteiger partial charge in [0.2, 0.25) is 11.9 Å². The average molecular weight is 459 g/mol. The van der Waals surface area contributed by atoms with Crippen molar-refractivity contribution >= 4 is 22.9 Å². The third-order valence-electron chi connectivity index (χ3n) is 7.49. The number of carbonyl (C=O) groups excluding carboxylic acids is 1. The van der Waals surface area contributed by atoms with Gasteiger partial charge in [-0.3, -0.25) is 19.6 Å². The van der Waals surface area contributed by atoms with Crippen LogP contribution in [0.5, 0.6) is 0 Å². The standard InChI is InChI=1S/C26H30N6O2/c1-16-5-2-3-8-21(16)22-11-19-12-27-26(30-31-13-17-6-4-7-18(17)14-31)29-24(19)32(25(22)34)15-23(33)28-20-9-10-20/h2-3,5,8,11-12,17-18,20H,4,6-7,9-10,13-15H2,1H3,(H,28,33)(H,27,29,30). The van der Waals surface area contributed by atoms with Crippen molar-refractivity contribution in [2.45, 2.75) is 51.6 Å². The Morgan fingerprint density at radius 2 is 1.85 bits per heavy atom. The number of aromatic nitrogens is 3. The number of carbonyl (C=O) groups is 1. The minimum absolute atomic E-state index is 0.0597. The van der Waals surface area contributed by atoms with Crippen molar-refractivity contribution in [3.63, 3.8) is 0 Å². The summed E-state index contributed by atoms with van der Waals surface area (Å²) in [5.41, 5.74) is 6.04. The highest BCUT2D eigenvalue weighted by molar-refractivity contribution is 5.84. The lowest BCUT2D eigenvalue weighted by atomic mass is 10.0. The maximum absolute atomic E-state index is 13.7. The van der Waals surface area contributed by atoms with Crippen LogP contribution in [-0.4, -0.2) is 44.6 Å². The monoisotopic (exact) mass is 458 g/mol. The smallest absolute Gasteiger partial charge is 0.260 e. The molecule has 0 bridgehead atoms. The Morgan fingerprint density at radius 3 is 2.59 bits per heavy atom. The van der Waals surface area contributed by atoms with Crippen LogP contribution in [-0.2, 0) is 11.3 Å². The zero-order chi connectivity index (χ0) is 23.2. The van der Waals surface area contributed by atoms with Gasteiger partial charge in [0, 0.05) is 36.3 Å². The molecule has 176 valence electrons. The highest BCUT2D eigenvalue weighted by Crippen LogP contribution is 2.37. The molecule has 2 N–H and O–H groups in total. The highest BCUT2D eigenvalue weighted by atomic mass is 16.2. The van der Waals surface area contributed by atoms with Crippen molar-refractivity contribution in [1.82, 2.24) is 24.9 Å². The largest absolute Gasteiger partial charge is 0.352 e. The number of fused-ring (bicyclic) bond motifs is 2. The molecule has 2 unspecified atom stereocenters. The molecule has 2 saturated carbocycles. The Labute approximate surface area is 198 Å². The van der Waals surface area contributed by atoms with Gasteiger partial charge < -0.3 is 5.32 Å². The van der Waals surface area contributed by atoms with Crippen LogP contribution < -0.4 is 16.3 Å². The predicted molar refractivity (Wildman–Crippen MR) is 131 cm³/mol. The number of hydrazine groups is 1. The first kappa shape index (κ1) is 21.3. The zero-order valence-electron chi connectivity index (χ0n) is 19.5. The summed E-state index contributed by atoms with van der Waals surface area (Å²) in [7, 11) is 0. The second kappa shape index (κ2) is 8.51. The number of hydrogen-bond acceptors (Lipinski definition) is 6. The van der Waals surface area contributed by atoms with Crippen LogP contribution in [0.3, 0.4) is 0 Å². The van der Waals surface area contributed by atoms with E-state index in [0.717, 1.165) is 54.3 Å². The van der Waals surface area contributed by atoms with Gasteiger partial charge in [0.05, 0.1) is 0 Å². The normalized spacial score (nSPS) is 22.1. The zero-order valence-corrected chi connectivity index (χ0v) is 19.5. The predicted octanol–water partition coefficient (Wildman–Crippen LogP) is 3.10. The summed E-state index contributed by atoms with van der Waals surface area (Å²) in [5, 5.41) is 5.93. The van der Waals surface area contributed by atoms with Gasteiger partial charge in [-0.05, 0) is 61.6 Å². The van der Waals surface area contributed by atoms with Crippen LogP contribution >= 0.6 is 0 Å². The van der Waals surface area contributed by atoms with Crippen LogP contribution in [0.2, 0.25) is 0 Å². The quantitative estimate of drug-likeness (QED) is 0.590. The van der Waals surface area contributed by atoms with E-state index >= 15 is 0 Å². The van der Waals surface area contributed by atoms with Gasteiger partial charge in [-0.15, -0.1) is 0 Å². The summed E-state index contributed by atoms with van der Waals surface area (Å²) >= 11 is 0. The SMILES string of the molecule is Cc1ccccc1-c1cc2cnc(NN3CC4CCCC4C3)nc2n(CC(=O)NC2CC2)c1=O. The molecule has 3 fully saturated rings. The lowest BCUT2D eigenvalue weighted by Crippen LogP contribution is -2.34. The number of pyridine rings is 1. The van der Waals surface area contributed by atoms with E-state index in [1.54, 1.807) is 6.20 Å². The second-order valence-corrected chi connectivity index (χ2v) is 10.0. The summed E-state index contributed by atoms with van der Waals surface area (Å²) in [4.78, 5) is 35.6. The highest BCUT2D eigenvalue weighted by Gasteiger charge is 2.36. The molecule has 3 aromatic rings. The molecule has 6 rings (SSSR count). The van der Waals surface area contributed by atoms with E-state index in [0.29, 0.717) is 17.2 Å². The third-order valence-corrected chi connectivity index (χ3v) is 7.49. The molecular weight excluding hydrogens is 428 g/mol. The van der Waals surface area contributed by atoms with Crippen LogP contribution in [0.25, 0.3) is 22.2 Å². The number of amides is 1. The van der Waals surface area contributed by atoms with Crippen molar-refractivity contribution in [1.29, 1.82) is 0 Å². The summed E-state index contributed by atoms with van der Waals surface area (Å²) in [6, 6.07) is 9.88. The van der Waals surface area contributed by atoms with Crippen molar-refractivity contribution in [2.75, 3.05) is 18.5 Å². The fourth-order valence-electron chi connectivity index (χ4n) is 5.54. The van der Waals surface area contributed by atoms with Crippen molar-refractivity contribution in [3.8, 4) is 11.1 Å². The molecule has 1 aromatic carbocycles. The number of anilines is 1. The van der Waals surface area contributed by atoms with E-state index in [2.05, 4.69) is 20.7 Å². The van der Waals surface area contributed by atoms with Crippen LogP contribution in [0, 0.1) is 18.8 Å². The molecular formula is C26H30N6O2. The fraction of sp³-hybridized carbons (Fsp3) is 0.462. The molecule has 34 heavy (non-hydrogen) atoms. The van der Waals surface area contributed by atoms with E-state index in [1.165, 1.54) is 23.8 Å². The summed E-state index contributed by atoms with van der Waals surface area (Å²) in [6.07, 6.45) is 7.65. The Balaban J connectivity index is 1.38.